The lowest BCUT2D eigenvalue weighted by molar-refractivity contribution is -0.118. The van der Waals surface area contributed by atoms with Crippen molar-refractivity contribution in [2.75, 3.05) is 29.9 Å². The lowest BCUT2D eigenvalue weighted by atomic mass is 10.0. The number of piperidine rings is 1. The quantitative estimate of drug-likeness (QED) is 0.844. The highest BCUT2D eigenvalue weighted by Gasteiger charge is 2.19. The number of aromatic nitrogens is 2. The smallest absolute Gasteiger partial charge is 0.262 e. The summed E-state index contributed by atoms with van der Waals surface area (Å²) < 4.78 is 5.66. The predicted molar refractivity (Wildman–Crippen MR) is 107 cm³/mol. The van der Waals surface area contributed by atoms with Gasteiger partial charge in [0.15, 0.2) is 6.61 Å². The first-order valence-electron chi connectivity index (χ1n) is 9.66. The lowest BCUT2D eigenvalue weighted by Gasteiger charge is -2.31. The highest BCUT2D eigenvalue weighted by molar-refractivity contribution is 5.92. The fourth-order valence-electron chi connectivity index (χ4n) is 3.39. The van der Waals surface area contributed by atoms with Crippen LogP contribution in [0.25, 0.3) is 0 Å². The Hall–Kier alpha value is -2.63. The number of nitrogens with one attached hydrogen (secondary N) is 1. The van der Waals surface area contributed by atoms with Gasteiger partial charge in [0.25, 0.3) is 5.91 Å². The maximum absolute atomic E-state index is 12.3. The summed E-state index contributed by atoms with van der Waals surface area (Å²) in [5.41, 5.74) is 2.77. The minimum Gasteiger partial charge on any atom is -0.467 e. The summed E-state index contributed by atoms with van der Waals surface area (Å²) in [4.78, 5) is 23.5. The third-order valence-electron chi connectivity index (χ3n) is 4.78. The van der Waals surface area contributed by atoms with Crippen molar-refractivity contribution in [1.29, 1.82) is 0 Å². The molecule has 1 atom stereocenters. The average Bonchev–Trinajstić information content (AvgIpc) is 2.66. The van der Waals surface area contributed by atoms with Crippen molar-refractivity contribution < 1.29 is 9.53 Å². The number of hydrogen-bond acceptors (Lipinski definition) is 5. The number of nitrogens with zero attached hydrogens (tertiary/aromatic N) is 3. The molecule has 2 aromatic rings. The number of carbonyl (C=O) groups excluding carboxylic acids is 1. The van der Waals surface area contributed by atoms with Gasteiger partial charge in [-0.1, -0.05) is 32.0 Å². The molecule has 0 unspecified atom stereocenters. The van der Waals surface area contributed by atoms with Gasteiger partial charge >= 0.3 is 0 Å². The van der Waals surface area contributed by atoms with Crippen molar-refractivity contribution in [3.05, 3.63) is 41.6 Å². The molecule has 6 heteroatoms. The van der Waals surface area contributed by atoms with Crippen molar-refractivity contribution in [1.82, 2.24) is 9.97 Å². The lowest BCUT2D eigenvalue weighted by Crippen LogP contribution is -2.35. The number of carbonyl (C=O) groups is 1. The Morgan fingerprint density at radius 1 is 1.33 bits per heavy atom. The van der Waals surface area contributed by atoms with E-state index < -0.39 is 0 Å². The number of para-hydroxylation sites is 1. The topological polar surface area (TPSA) is 67.3 Å². The minimum atomic E-state index is -0.194. The van der Waals surface area contributed by atoms with Crippen LogP contribution >= 0.6 is 0 Å². The molecule has 0 spiro atoms. The number of anilines is 2. The second-order valence-electron chi connectivity index (χ2n) is 7.19. The van der Waals surface area contributed by atoms with Crippen molar-refractivity contribution in [3.8, 4) is 5.88 Å². The first kappa shape index (κ1) is 19.1. The maximum Gasteiger partial charge on any atom is 0.262 e. The fourth-order valence-corrected chi connectivity index (χ4v) is 3.39. The van der Waals surface area contributed by atoms with E-state index in [1.54, 1.807) is 6.07 Å². The van der Waals surface area contributed by atoms with Crippen molar-refractivity contribution in [2.45, 2.75) is 40.0 Å². The third kappa shape index (κ3) is 5.18. The second kappa shape index (κ2) is 8.84. The molecular weight excluding hydrogens is 340 g/mol. The molecule has 1 aromatic heterocycles. The molecule has 0 radical (unpaired) electrons. The van der Waals surface area contributed by atoms with Gasteiger partial charge in [-0.05, 0) is 43.7 Å². The molecule has 144 valence electrons. The molecule has 1 fully saturated rings. The molecule has 27 heavy (non-hydrogen) atoms. The van der Waals surface area contributed by atoms with Crippen molar-refractivity contribution >= 4 is 17.5 Å². The SMILES string of the molecule is CCc1ccccc1NC(=O)COc1cc(C)nc(N2CCC[C@@H](C)C2)n1. The molecule has 1 aliphatic rings. The zero-order valence-electron chi connectivity index (χ0n) is 16.4. The van der Waals surface area contributed by atoms with Gasteiger partial charge < -0.3 is 15.0 Å². The van der Waals surface area contributed by atoms with Crippen LogP contribution in [-0.4, -0.2) is 35.6 Å². The normalized spacial score (nSPS) is 16.9. The van der Waals surface area contributed by atoms with Crippen LogP contribution in [0.4, 0.5) is 11.6 Å². The van der Waals surface area contributed by atoms with Gasteiger partial charge in [0.2, 0.25) is 11.8 Å². The summed E-state index contributed by atoms with van der Waals surface area (Å²) >= 11 is 0. The Bertz CT molecular complexity index is 794. The van der Waals surface area contributed by atoms with Gasteiger partial charge in [0.05, 0.1) is 0 Å². The number of amides is 1. The first-order valence-corrected chi connectivity index (χ1v) is 9.66. The molecule has 0 aliphatic carbocycles. The average molecular weight is 368 g/mol. The van der Waals surface area contributed by atoms with E-state index in [9.17, 15) is 4.79 Å². The molecule has 1 N–H and O–H groups in total. The molecule has 1 aliphatic heterocycles. The fraction of sp³-hybridized carbons (Fsp3) is 0.476. The van der Waals surface area contributed by atoms with Crippen LogP contribution in [-0.2, 0) is 11.2 Å². The van der Waals surface area contributed by atoms with E-state index in [-0.39, 0.29) is 12.5 Å². The number of ether oxygens (including phenoxy) is 1. The van der Waals surface area contributed by atoms with E-state index in [2.05, 4.69) is 34.0 Å². The van der Waals surface area contributed by atoms with E-state index in [1.807, 2.05) is 31.2 Å². The molecule has 2 heterocycles. The van der Waals surface area contributed by atoms with E-state index in [0.717, 1.165) is 42.9 Å². The molecule has 1 amide bonds. The summed E-state index contributed by atoms with van der Waals surface area (Å²) in [5.74, 6) is 1.57. The molecule has 1 aromatic carbocycles. The second-order valence-corrected chi connectivity index (χ2v) is 7.19. The zero-order valence-corrected chi connectivity index (χ0v) is 16.4. The van der Waals surface area contributed by atoms with Crippen molar-refractivity contribution in [3.63, 3.8) is 0 Å². The zero-order chi connectivity index (χ0) is 19.2. The van der Waals surface area contributed by atoms with E-state index >= 15 is 0 Å². The summed E-state index contributed by atoms with van der Waals surface area (Å²) in [7, 11) is 0. The highest BCUT2D eigenvalue weighted by Crippen LogP contribution is 2.22. The van der Waals surface area contributed by atoms with Crippen LogP contribution in [0.1, 0.15) is 37.9 Å². The van der Waals surface area contributed by atoms with Crippen LogP contribution < -0.4 is 15.0 Å². The number of rotatable bonds is 6. The summed E-state index contributed by atoms with van der Waals surface area (Å²) in [6.45, 7) is 8.07. The summed E-state index contributed by atoms with van der Waals surface area (Å²) in [6, 6.07) is 9.56. The number of hydrogen-bond donors (Lipinski definition) is 1. The Balaban J connectivity index is 1.62. The molecule has 3 rings (SSSR count). The number of benzene rings is 1. The molecular formula is C21H28N4O2. The Morgan fingerprint density at radius 3 is 2.93 bits per heavy atom. The van der Waals surface area contributed by atoms with Crippen LogP contribution in [0.5, 0.6) is 5.88 Å². The van der Waals surface area contributed by atoms with Gasteiger partial charge in [-0.3, -0.25) is 4.79 Å². The molecule has 6 nitrogen and oxygen atoms in total. The van der Waals surface area contributed by atoms with Crippen LogP contribution in [0.15, 0.2) is 30.3 Å². The van der Waals surface area contributed by atoms with Gasteiger partial charge in [0.1, 0.15) is 0 Å². The Kier molecular flexibility index (Phi) is 6.27. The minimum absolute atomic E-state index is 0.0790. The molecule has 0 saturated carbocycles. The predicted octanol–water partition coefficient (Wildman–Crippen LogP) is 3.60. The van der Waals surface area contributed by atoms with E-state index in [0.29, 0.717) is 17.7 Å². The monoisotopic (exact) mass is 368 g/mol. The molecule has 0 bridgehead atoms. The van der Waals surface area contributed by atoms with E-state index in [4.69, 9.17) is 4.74 Å². The molecule has 1 saturated heterocycles. The summed E-state index contributed by atoms with van der Waals surface area (Å²) in [5, 5.41) is 2.91. The highest BCUT2D eigenvalue weighted by atomic mass is 16.5. The van der Waals surface area contributed by atoms with Crippen LogP contribution in [0.2, 0.25) is 0 Å². The van der Waals surface area contributed by atoms with E-state index in [1.165, 1.54) is 6.42 Å². The van der Waals surface area contributed by atoms with Crippen molar-refractivity contribution in [2.24, 2.45) is 5.92 Å². The number of aryl methyl sites for hydroxylation is 2. The summed E-state index contributed by atoms with van der Waals surface area (Å²) in [6.07, 6.45) is 3.25. The standard InChI is InChI=1S/C21H28N4O2/c1-4-17-9-5-6-10-18(17)23-19(26)14-27-20-12-16(3)22-21(24-20)25-11-7-8-15(2)13-25/h5-6,9-10,12,15H,4,7-8,11,13-14H2,1-3H3,(H,23,26)/t15-/m1/s1. The Labute approximate surface area is 161 Å². The van der Waals surface area contributed by atoms with Gasteiger partial charge in [-0.2, -0.15) is 4.98 Å². The van der Waals surface area contributed by atoms with Crippen LogP contribution in [0, 0.1) is 12.8 Å². The third-order valence-corrected chi connectivity index (χ3v) is 4.78. The maximum atomic E-state index is 12.3. The van der Waals surface area contributed by atoms with Gasteiger partial charge in [-0.25, -0.2) is 4.98 Å². The van der Waals surface area contributed by atoms with Gasteiger partial charge in [0, 0.05) is 30.5 Å². The largest absolute Gasteiger partial charge is 0.467 e. The first-order chi connectivity index (χ1) is 13.0. The van der Waals surface area contributed by atoms with Gasteiger partial charge in [-0.15, -0.1) is 0 Å². The Morgan fingerprint density at radius 2 is 2.15 bits per heavy atom. The van der Waals surface area contributed by atoms with Crippen LogP contribution in [0.3, 0.4) is 0 Å².